The highest BCUT2D eigenvalue weighted by atomic mass is 16.5. The molecule has 3 aromatic rings. The third-order valence-electron chi connectivity index (χ3n) is 4.00. The Hall–Kier alpha value is -3.15. The summed E-state index contributed by atoms with van der Waals surface area (Å²) in [7, 11) is 1.62. The van der Waals surface area contributed by atoms with Gasteiger partial charge in [-0.1, -0.05) is 12.1 Å². The van der Waals surface area contributed by atoms with Crippen molar-refractivity contribution in [2.45, 2.75) is 20.4 Å². The maximum Gasteiger partial charge on any atom is 0.260 e. The Morgan fingerprint density at radius 1 is 1.20 bits per heavy atom. The van der Waals surface area contributed by atoms with E-state index in [4.69, 9.17) is 4.74 Å². The number of rotatable bonds is 5. The number of amides is 1. The van der Waals surface area contributed by atoms with E-state index in [-0.39, 0.29) is 12.5 Å². The number of aromatic nitrogens is 2. The number of ether oxygens (including phenoxy) is 1. The fourth-order valence-corrected chi connectivity index (χ4v) is 2.62. The first-order valence-corrected chi connectivity index (χ1v) is 7.98. The first-order chi connectivity index (χ1) is 12.1. The number of benzene rings is 2. The molecule has 2 aromatic carbocycles. The van der Waals surface area contributed by atoms with Gasteiger partial charge in [-0.15, -0.1) is 0 Å². The zero-order chi connectivity index (χ0) is 17.8. The van der Waals surface area contributed by atoms with E-state index in [0.29, 0.717) is 0 Å². The summed E-state index contributed by atoms with van der Waals surface area (Å²) in [6.07, 6.45) is 0. The Morgan fingerprint density at radius 3 is 2.64 bits per heavy atom. The SMILES string of the molecule is COc1ccc(/C(C)=N\NC(=O)Cn2c(C)nc3ccccc32)cc1. The predicted molar refractivity (Wildman–Crippen MR) is 97.8 cm³/mol. The summed E-state index contributed by atoms with van der Waals surface area (Å²) in [6, 6.07) is 15.3. The van der Waals surface area contributed by atoms with Crippen LogP contribution in [-0.4, -0.2) is 28.3 Å². The molecule has 0 bridgehead atoms. The van der Waals surface area contributed by atoms with E-state index in [9.17, 15) is 4.79 Å². The molecule has 0 radical (unpaired) electrons. The van der Waals surface area contributed by atoms with Crippen molar-refractivity contribution in [1.82, 2.24) is 15.0 Å². The maximum atomic E-state index is 12.3. The smallest absolute Gasteiger partial charge is 0.260 e. The molecule has 0 spiro atoms. The zero-order valence-electron chi connectivity index (χ0n) is 14.5. The molecule has 0 aliphatic heterocycles. The monoisotopic (exact) mass is 336 g/mol. The molecule has 0 saturated carbocycles. The molecule has 0 unspecified atom stereocenters. The average Bonchev–Trinajstić information content (AvgIpc) is 2.95. The number of imidazole rings is 1. The van der Waals surface area contributed by atoms with E-state index in [2.05, 4.69) is 15.5 Å². The van der Waals surface area contributed by atoms with Gasteiger partial charge >= 0.3 is 0 Å². The fraction of sp³-hybridized carbons (Fsp3) is 0.211. The van der Waals surface area contributed by atoms with Gasteiger partial charge in [-0.2, -0.15) is 5.10 Å². The largest absolute Gasteiger partial charge is 0.497 e. The number of nitrogens with one attached hydrogen (secondary N) is 1. The quantitative estimate of drug-likeness (QED) is 0.575. The number of hydrazone groups is 1. The maximum absolute atomic E-state index is 12.3. The van der Waals surface area contributed by atoms with Crippen molar-refractivity contribution >= 4 is 22.7 Å². The minimum absolute atomic E-state index is 0.172. The number of methoxy groups -OCH3 is 1. The van der Waals surface area contributed by atoms with Crippen LogP contribution in [0, 0.1) is 6.92 Å². The van der Waals surface area contributed by atoms with Gasteiger partial charge in [0.2, 0.25) is 0 Å². The van der Waals surface area contributed by atoms with Crippen LogP contribution < -0.4 is 10.2 Å². The molecule has 0 fully saturated rings. The van der Waals surface area contributed by atoms with E-state index in [1.165, 1.54) is 0 Å². The molecule has 25 heavy (non-hydrogen) atoms. The van der Waals surface area contributed by atoms with Crippen LogP contribution in [-0.2, 0) is 11.3 Å². The highest BCUT2D eigenvalue weighted by molar-refractivity contribution is 5.99. The lowest BCUT2D eigenvalue weighted by Gasteiger charge is -2.07. The van der Waals surface area contributed by atoms with Crippen molar-refractivity contribution in [3.8, 4) is 5.75 Å². The van der Waals surface area contributed by atoms with Gasteiger partial charge in [-0.25, -0.2) is 10.4 Å². The van der Waals surface area contributed by atoms with Crippen molar-refractivity contribution in [2.24, 2.45) is 5.10 Å². The highest BCUT2D eigenvalue weighted by Gasteiger charge is 2.10. The number of fused-ring (bicyclic) bond motifs is 1. The summed E-state index contributed by atoms with van der Waals surface area (Å²) >= 11 is 0. The van der Waals surface area contributed by atoms with Gasteiger partial charge in [-0.05, 0) is 55.8 Å². The van der Waals surface area contributed by atoms with Crippen molar-refractivity contribution in [3.05, 3.63) is 59.9 Å². The Labute approximate surface area is 146 Å². The zero-order valence-corrected chi connectivity index (χ0v) is 14.5. The molecule has 1 aromatic heterocycles. The number of para-hydroxylation sites is 2. The molecule has 1 amide bonds. The lowest BCUT2D eigenvalue weighted by molar-refractivity contribution is -0.121. The Morgan fingerprint density at radius 2 is 1.92 bits per heavy atom. The van der Waals surface area contributed by atoms with Crippen LogP contribution >= 0.6 is 0 Å². The number of hydrogen-bond donors (Lipinski definition) is 1. The van der Waals surface area contributed by atoms with Gasteiger partial charge in [0.15, 0.2) is 0 Å². The van der Waals surface area contributed by atoms with Crippen molar-refractivity contribution in [3.63, 3.8) is 0 Å². The molecule has 1 heterocycles. The van der Waals surface area contributed by atoms with E-state index < -0.39 is 0 Å². The van der Waals surface area contributed by atoms with Crippen molar-refractivity contribution in [2.75, 3.05) is 7.11 Å². The fourth-order valence-electron chi connectivity index (χ4n) is 2.62. The third kappa shape index (κ3) is 3.68. The van der Waals surface area contributed by atoms with Gasteiger partial charge in [0.1, 0.15) is 18.1 Å². The number of carbonyl (C=O) groups is 1. The standard InChI is InChI=1S/C19H20N4O2/c1-13(15-8-10-16(25-3)11-9-15)21-22-19(24)12-23-14(2)20-17-6-4-5-7-18(17)23/h4-11H,12H2,1-3H3,(H,22,24)/b21-13-. The molecule has 128 valence electrons. The highest BCUT2D eigenvalue weighted by Crippen LogP contribution is 2.15. The Kier molecular flexibility index (Phi) is 4.79. The topological polar surface area (TPSA) is 68.5 Å². The van der Waals surface area contributed by atoms with Crippen LogP contribution in [0.4, 0.5) is 0 Å². The molecule has 0 saturated heterocycles. The van der Waals surface area contributed by atoms with Gasteiger partial charge < -0.3 is 9.30 Å². The lowest BCUT2D eigenvalue weighted by atomic mass is 10.1. The molecule has 3 rings (SSSR count). The lowest BCUT2D eigenvalue weighted by Crippen LogP contribution is -2.24. The summed E-state index contributed by atoms with van der Waals surface area (Å²) in [6.45, 7) is 3.91. The summed E-state index contributed by atoms with van der Waals surface area (Å²) in [5, 5.41) is 4.18. The van der Waals surface area contributed by atoms with Gasteiger partial charge in [0.25, 0.3) is 5.91 Å². The normalized spacial score (nSPS) is 11.6. The van der Waals surface area contributed by atoms with Crippen molar-refractivity contribution in [1.29, 1.82) is 0 Å². The van der Waals surface area contributed by atoms with E-state index in [1.54, 1.807) is 7.11 Å². The molecule has 0 aliphatic rings. The van der Waals surface area contributed by atoms with Crippen LogP contribution in [0.25, 0.3) is 11.0 Å². The van der Waals surface area contributed by atoms with Crippen molar-refractivity contribution < 1.29 is 9.53 Å². The minimum atomic E-state index is -0.195. The van der Waals surface area contributed by atoms with Gasteiger partial charge in [0.05, 0.1) is 23.9 Å². The summed E-state index contributed by atoms with van der Waals surface area (Å²) in [4.78, 5) is 16.7. The first-order valence-electron chi connectivity index (χ1n) is 7.98. The Bertz CT molecular complexity index is 926. The van der Waals surface area contributed by atoms with E-state index >= 15 is 0 Å². The van der Waals surface area contributed by atoms with Crippen LogP contribution in [0.3, 0.4) is 0 Å². The molecule has 0 aliphatic carbocycles. The van der Waals surface area contributed by atoms with E-state index in [0.717, 1.165) is 33.9 Å². The summed E-state index contributed by atoms with van der Waals surface area (Å²) < 4.78 is 7.01. The van der Waals surface area contributed by atoms with Gasteiger partial charge in [0, 0.05) is 0 Å². The summed E-state index contributed by atoms with van der Waals surface area (Å²) in [5.74, 6) is 1.38. The predicted octanol–water partition coefficient (Wildman–Crippen LogP) is 2.89. The molecule has 1 N–H and O–H groups in total. The second-order valence-corrected chi connectivity index (χ2v) is 5.69. The van der Waals surface area contributed by atoms with Crippen LogP contribution in [0.15, 0.2) is 53.6 Å². The molecule has 0 atom stereocenters. The number of aryl methyl sites for hydroxylation is 1. The molecular weight excluding hydrogens is 316 g/mol. The number of carbonyl (C=O) groups excluding carboxylic acids is 1. The van der Waals surface area contributed by atoms with E-state index in [1.807, 2.05) is 66.9 Å². The van der Waals surface area contributed by atoms with Crippen LogP contribution in [0.1, 0.15) is 18.3 Å². The van der Waals surface area contributed by atoms with Crippen LogP contribution in [0.2, 0.25) is 0 Å². The molecule has 6 nitrogen and oxygen atoms in total. The second kappa shape index (κ2) is 7.17. The number of hydrogen-bond acceptors (Lipinski definition) is 4. The van der Waals surface area contributed by atoms with Gasteiger partial charge in [-0.3, -0.25) is 4.79 Å². The molecule has 6 heteroatoms. The average molecular weight is 336 g/mol. The van der Waals surface area contributed by atoms with Crippen LogP contribution in [0.5, 0.6) is 5.75 Å². The minimum Gasteiger partial charge on any atom is -0.497 e. The number of nitrogens with zero attached hydrogens (tertiary/aromatic N) is 3. The third-order valence-corrected chi connectivity index (χ3v) is 4.00. The second-order valence-electron chi connectivity index (χ2n) is 5.69. The summed E-state index contributed by atoms with van der Waals surface area (Å²) in [5.41, 5.74) is 6.07. The first kappa shape index (κ1) is 16.7. The molecular formula is C19H20N4O2. The Balaban J connectivity index is 1.70.